The van der Waals surface area contributed by atoms with E-state index in [-0.39, 0.29) is 18.1 Å². The fourth-order valence-electron chi connectivity index (χ4n) is 1.86. The molecule has 0 saturated carbocycles. The standard InChI is InChI=1S/C15H23NO2/c1-11(13-9-7-6-8-10-13)16-12(2)15(3,4)14(17)18-5/h6-12,16H,1-5H3/t11-,12-/m1/s1. The predicted octanol–water partition coefficient (Wildman–Crippen LogP) is 2.92. The minimum atomic E-state index is -0.544. The number of benzene rings is 1. The number of carbonyl (C=O) groups excluding carboxylic acids is 1. The fraction of sp³-hybridized carbons (Fsp3) is 0.533. The Bertz CT molecular complexity index is 387. The summed E-state index contributed by atoms with van der Waals surface area (Å²) in [5.74, 6) is -0.192. The highest BCUT2D eigenvalue weighted by molar-refractivity contribution is 5.76. The van der Waals surface area contributed by atoms with E-state index in [0.29, 0.717) is 0 Å². The highest BCUT2D eigenvalue weighted by atomic mass is 16.5. The number of rotatable bonds is 5. The van der Waals surface area contributed by atoms with E-state index in [4.69, 9.17) is 4.74 Å². The molecule has 1 rings (SSSR count). The van der Waals surface area contributed by atoms with E-state index in [9.17, 15) is 4.79 Å². The number of carbonyl (C=O) groups is 1. The molecule has 3 nitrogen and oxygen atoms in total. The molecule has 3 heteroatoms. The van der Waals surface area contributed by atoms with Gasteiger partial charge in [0.1, 0.15) is 0 Å². The molecule has 0 spiro atoms. The summed E-state index contributed by atoms with van der Waals surface area (Å²) in [6.07, 6.45) is 0. The third-order valence-electron chi connectivity index (χ3n) is 3.59. The van der Waals surface area contributed by atoms with Gasteiger partial charge in [-0.05, 0) is 33.3 Å². The summed E-state index contributed by atoms with van der Waals surface area (Å²) >= 11 is 0. The number of methoxy groups -OCH3 is 1. The Morgan fingerprint density at radius 3 is 2.28 bits per heavy atom. The SMILES string of the molecule is COC(=O)C(C)(C)[C@@H](C)N[C@H](C)c1ccccc1. The van der Waals surface area contributed by atoms with Crippen LogP contribution in [0.3, 0.4) is 0 Å². The molecule has 1 aromatic rings. The van der Waals surface area contributed by atoms with Gasteiger partial charge in [-0.1, -0.05) is 30.3 Å². The largest absolute Gasteiger partial charge is 0.469 e. The Hall–Kier alpha value is -1.35. The molecule has 2 atom stereocenters. The van der Waals surface area contributed by atoms with Crippen LogP contribution in [0, 0.1) is 5.41 Å². The molecule has 18 heavy (non-hydrogen) atoms. The molecule has 100 valence electrons. The van der Waals surface area contributed by atoms with Crippen LogP contribution in [0.4, 0.5) is 0 Å². The summed E-state index contributed by atoms with van der Waals surface area (Å²) in [7, 11) is 1.43. The van der Waals surface area contributed by atoms with E-state index in [0.717, 1.165) is 0 Å². The lowest BCUT2D eigenvalue weighted by molar-refractivity contribution is -0.152. The number of hydrogen-bond acceptors (Lipinski definition) is 3. The van der Waals surface area contributed by atoms with Crippen molar-refractivity contribution in [3.05, 3.63) is 35.9 Å². The summed E-state index contributed by atoms with van der Waals surface area (Å²) in [4.78, 5) is 11.7. The van der Waals surface area contributed by atoms with Crippen LogP contribution >= 0.6 is 0 Å². The quantitative estimate of drug-likeness (QED) is 0.815. The molecule has 0 fully saturated rings. The van der Waals surface area contributed by atoms with Gasteiger partial charge in [-0.2, -0.15) is 0 Å². The van der Waals surface area contributed by atoms with Crippen molar-refractivity contribution in [2.45, 2.75) is 39.8 Å². The highest BCUT2D eigenvalue weighted by Gasteiger charge is 2.35. The zero-order valence-corrected chi connectivity index (χ0v) is 11.9. The van der Waals surface area contributed by atoms with Crippen LogP contribution in [0.15, 0.2) is 30.3 Å². The van der Waals surface area contributed by atoms with E-state index < -0.39 is 5.41 Å². The van der Waals surface area contributed by atoms with Crippen LogP contribution < -0.4 is 5.32 Å². The van der Waals surface area contributed by atoms with Gasteiger partial charge in [-0.3, -0.25) is 4.79 Å². The Labute approximate surface area is 110 Å². The molecule has 0 saturated heterocycles. The summed E-state index contributed by atoms with van der Waals surface area (Å²) < 4.78 is 4.84. The predicted molar refractivity (Wildman–Crippen MR) is 73.3 cm³/mol. The van der Waals surface area contributed by atoms with Crippen LogP contribution in [0.25, 0.3) is 0 Å². The average molecular weight is 249 g/mol. The third kappa shape index (κ3) is 3.33. The van der Waals surface area contributed by atoms with Gasteiger partial charge in [0.2, 0.25) is 0 Å². The lowest BCUT2D eigenvalue weighted by Gasteiger charge is -2.32. The maximum atomic E-state index is 11.7. The highest BCUT2D eigenvalue weighted by Crippen LogP contribution is 2.24. The average Bonchev–Trinajstić information content (AvgIpc) is 2.38. The smallest absolute Gasteiger partial charge is 0.312 e. The Kier molecular flexibility index (Phi) is 4.91. The van der Waals surface area contributed by atoms with Gasteiger partial charge in [-0.15, -0.1) is 0 Å². The van der Waals surface area contributed by atoms with E-state index in [1.54, 1.807) is 0 Å². The molecule has 0 unspecified atom stereocenters. The van der Waals surface area contributed by atoms with Crippen LogP contribution in [0.2, 0.25) is 0 Å². The van der Waals surface area contributed by atoms with Crippen molar-refractivity contribution in [1.29, 1.82) is 0 Å². The minimum Gasteiger partial charge on any atom is -0.469 e. The zero-order valence-electron chi connectivity index (χ0n) is 11.9. The summed E-state index contributed by atoms with van der Waals surface area (Å²) in [5.41, 5.74) is 0.669. The molecular weight excluding hydrogens is 226 g/mol. The molecular formula is C15H23NO2. The Morgan fingerprint density at radius 2 is 1.78 bits per heavy atom. The van der Waals surface area contributed by atoms with Crippen molar-refractivity contribution in [2.75, 3.05) is 7.11 Å². The zero-order chi connectivity index (χ0) is 13.8. The van der Waals surface area contributed by atoms with Crippen molar-refractivity contribution in [3.63, 3.8) is 0 Å². The number of hydrogen-bond donors (Lipinski definition) is 1. The molecule has 0 bridgehead atoms. The van der Waals surface area contributed by atoms with Gasteiger partial charge in [0.05, 0.1) is 12.5 Å². The Morgan fingerprint density at radius 1 is 1.22 bits per heavy atom. The maximum absolute atomic E-state index is 11.7. The lowest BCUT2D eigenvalue weighted by atomic mass is 9.85. The first kappa shape index (κ1) is 14.7. The van der Waals surface area contributed by atoms with Crippen molar-refractivity contribution >= 4 is 5.97 Å². The summed E-state index contributed by atoms with van der Waals surface area (Å²) in [6, 6.07) is 10.4. The molecule has 0 amide bonds. The topological polar surface area (TPSA) is 38.3 Å². The van der Waals surface area contributed by atoms with E-state index in [1.165, 1.54) is 12.7 Å². The first-order chi connectivity index (χ1) is 8.39. The first-order valence-corrected chi connectivity index (χ1v) is 6.29. The van der Waals surface area contributed by atoms with Gasteiger partial charge in [0.15, 0.2) is 0 Å². The van der Waals surface area contributed by atoms with E-state index in [1.807, 2.05) is 39.0 Å². The van der Waals surface area contributed by atoms with Crippen molar-refractivity contribution in [2.24, 2.45) is 5.41 Å². The summed E-state index contributed by atoms with van der Waals surface area (Å²) in [6.45, 7) is 7.90. The fourth-order valence-corrected chi connectivity index (χ4v) is 1.86. The maximum Gasteiger partial charge on any atom is 0.312 e. The van der Waals surface area contributed by atoms with Crippen LogP contribution in [0.1, 0.15) is 39.3 Å². The van der Waals surface area contributed by atoms with Crippen LogP contribution in [-0.4, -0.2) is 19.1 Å². The third-order valence-corrected chi connectivity index (χ3v) is 3.59. The van der Waals surface area contributed by atoms with Crippen LogP contribution in [0.5, 0.6) is 0 Å². The molecule has 0 radical (unpaired) electrons. The summed E-state index contributed by atoms with van der Waals surface area (Å²) in [5, 5.41) is 3.45. The molecule has 0 aliphatic heterocycles. The van der Waals surface area contributed by atoms with Gasteiger partial charge in [0.25, 0.3) is 0 Å². The number of ether oxygens (including phenoxy) is 1. The molecule has 0 aliphatic rings. The second-order valence-corrected chi connectivity index (χ2v) is 5.23. The normalized spacial score (nSPS) is 14.9. The van der Waals surface area contributed by atoms with Crippen molar-refractivity contribution in [1.82, 2.24) is 5.32 Å². The van der Waals surface area contributed by atoms with Gasteiger partial charge in [-0.25, -0.2) is 0 Å². The number of esters is 1. The van der Waals surface area contributed by atoms with Crippen molar-refractivity contribution in [3.8, 4) is 0 Å². The molecule has 0 heterocycles. The molecule has 1 N–H and O–H groups in total. The second kappa shape index (κ2) is 6.01. The molecule has 0 aromatic heterocycles. The van der Waals surface area contributed by atoms with Crippen LogP contribution in [-0.2, 0) is 9.53 Å². The van der Waals surface area contributed by atoms with E-state index >= 15 is 0 Å². The lowest BCUT2D eigenvalue weighted by Crippen LogP contribution is -2.46. The van der Waals surface area contributed by atoms with Crippen molar-refractivity contribution < 1.29 is 9.53 Å². The van der Waals surface area contributed by atoms with E-state index in [2.05, 4.69) is 24.4 Å². The Balaban J connectivity index is 2.70. The monoisotopic (exact) mass is 249 g/mol. The minimum absolute atomic E-state index is 0.0279. The number of nitrogens with one attached hydrogen (secondary N) is 1. The van der Waals surface area contributed by atoms with Gasteiger partial charge < -0.3 is 10.1 Å². The molecule has 0 aliphatic carbocycles. The molecule has 1 aromatic carbocycles. The first-order valence-electron chi connectivity index (χ1n) is 6.29. The second-order valence-electron chi connectivity index (χ2n) is 5.23. The van der Waals surface area contributed by atoms with Gasteiger partial charge >= 0.3 is 5.97 Å². The van der Waals surface area contributed by atoms with Gasteiger partial charge in [0, 0.05) is 12.1 Å².